The summed E-state index contributed by atoms with van der Waals surface area (Å²) in [6, 6.07) is 0. The molecule has 4 atom stereocenters. The van der Waals surface area contributed by atoms with Crippen LogP contribution in [-0.4, -0.2) is 68.7 Å². The molecule has 0 heterocycles. The van der Waals surface area contributed by atoms with Crippen LogP contribution in [0.5, 0.6) is 0 Å². The van der Waals surface area contributed by atoms with Crippen LogP contribution in [0.15, 0.2) is 0 Å². The number of aliphatic carboxylic acids is 2. The van der Waals surface area contributed by atoms with E-state index in [1.54, 1.807) is 0 Å². The molecule has 0 bridgehead atoms. The van der Waals surface area contributed by atoms with Gasteiger partial charge in [0.1, 0.15) is 12.2 Å². The van der Waals surface area contributed by atoms with Crippen LogP contribution < -0.4 is 0 Å². The number of carboxylic acid groups (broad SMARTS) is 2. The second kappa shape index (κ2) is 8.95. The zero-order valence-corrected chi connectivity index (χ0v) is 12.0. The number of rotatable bonds is 9. The second-order valence-electron chi connectivity index (χ2n) is 4.58. The van der Waals surface area contributed by atoms with Crippen LogP contribution in [0, 0.1) is 0 Å². The van der Waals surface area contributed by atoms with E-state index in [1.165, 1.54) is 13.8 Å². The lowest BCUT2D eigenvalue weighted by molar-refractivity contribution is -0.179. The standard InChI is InChI=1S/C12H18O10/c1-5(3-7(13)14)21-11(19)9(17)10(18)12(20)22-6(2)4-8(15)16/h5-6,9-10,17-18H,3-4H2,1-2H3,(H,13,14)(H,15,16). The Hall–Kier alpha value is -2.20. The van der Waals surface area contributed by atoms with Gasteiger partial charge in [0.2, 0.25) is 0 Å². The Morgan fingerprint density at radius 1 is 0.773 bits per heavy atom. The minimum atomic E-state index is -2.28. The third-order valence-corrected chi connectivity index (χ3v) is 2.34. The summed E-state index contributed by atoms with van der Waals surface area (Å²) in [6.45, 7) is 2.50. The maximum absolute atomic E-state index is 11.4. The highest BCUT2D eigenvalue weighted by Gasteiger charge is 2.34. The predicted molar refractivity (Wildman–Crippen MR) is 67.6 cm³/mol. The zero-order valence-electron chi connectivity index (χ0n) is 12.0. The Labute approximate surface area is 125 Å². The van der Waals surface area contributed by atoms with Crippen molar-refractivity contribution in [2.45, 2.75) is 51.1 Å². The van der Waals surface area contributed by atoms with Gasteiger partial charge in [-0.2, -0.15) is 0 Å². The van der Waals surface area contributed by atoms with Gasteiger partial charge >= 0.3 is 23.9 Å². The SMILES string of the molecule is CC(CC(=O)O)OC(=O)C(O)C(O)C(=O)OC(C)CC(=O)O. The molecule has 0 spiro atoms. The van der Waals surface area contributed by atoms with Crippen LogP contribution in [0.1, 0.15) is 26.7 Å². The molecule has 0 aliphatic heterocycles. The molecule has 0 aliphatic rings. The molecule has 4 unspecified atom stereocenters. The van der Waals surface area contributed by atoms with Gasteiger partial charge < -0.3 is 29.9 Å². The summed E-state index contributed by atoms with van der Waals surface area (Å²) in [5, 5.41) is 35.8. The molecule has 0 radical (unpaired) electrons. The van der Waals surface area contributed by atoms with E-state index in [-0.39, 0.29) is 0 Å². The first-order valence-electron chi connectivity index (χ1n) is 6.25. The molecule has 22 heavy (non-hydrogen) atoms. The number of carboxylic acids is 2. The fraction of sp³-hybridized carbons (Fsp3) is 0.667. The highest BCUT2D eigenvalue weighted by molar-refractivity contribution is 5.85. The fourth-order valence-electron chi connectivity index (χ4n) is 1.37. The van der Waals surface area contributed by atoms with E-state index >= 15 is 0 Å². The smallest absolute Gasteiger partial charge is 0.338 e. The van der Waals surface area contributed by atoms with Gasteiger partial charge in [-0.15, -0.1) is 0 Å². The van der Waals surface area contributed by atoms with E-state index in [9.17, 15) is 29.4 Å². The number of carbonyl (C=O) groups is 4. The first kappa shape index (κ1) is 19.8. The van der Waals surface area contributed by atoms with Crippen molar-refractivity contribution in [2.24, 2.45) is 0 Å². The Morgan fingerprint density at radius 3 is 1.27 bits per heavy atom. The summed E-state index contributed by atoms with van der Waals surface area (Å²) in [5.41, 5.74) is 0. The summed E-state index contributed by atoms with van der Waals surface area (Å²) in [5.74, 6) is -5.28. The van der Waals surface area contributed by atoms with Gasteiger partial charge in [-0.05, 0) is 13.8 Å². The minimum absolute atomic E-state index is 0.519. The van der Waals surface area contributed by atoms with Crippen molar-refractivity contribution in [1.29, 1.82) is 0 Å². The lowest BCUT2D eigenvalue weighted by Crippen LogP contribution is -2.43. The first-order chi connectivity index (χ1) is 10.0. The molecule has 0 amide bonds. The molecular weight excluding hydrogens is 304 g/mol. The predicted octanol–water partition coefficient (Wildman–Crippen LogP) is -1.48. The van der Waals surface area contributed by atoms with Gasteiger partial charge in [-0.3, -0.25) is 9.59 Å². The normalized spacial score (nSPS) is 16.0. The monoisotopic (exact) mass is 322 g/mol. The van der Waals surface area contributed by atoms with Gasteiger partial charge in [0, 0.05) is 0 Å². The van der Waals surface area contributed by atoms with Crippen LogP contribution in [0.25, 0.3) is 0 Å². The van der Waals surface area contributed by atoms with Crippen molar-refractivity contribution in [3.63, 3.8) is 0 Å². The Kier molecular flexibility index (Phi) is 8.05. The van der Waals surface area contributed by atoms with E-state index in [0.717, 1.165) is 0 Å². The van der Waals surface area contributed by atoms with Crippen molar-refractivity contribution in [3.8, 4) is 0 Å². The van der Waals surface area contributed by atoms with Crippen molar-refractivity contribution in [1.82, 2.24) is 0 Å². The minimum Gasteiger partial charge on any atom is -0.481 e. The zero-order chi connectivity index (χ0) is 17.4. The molecule has 0 rings (SSSR count). The average molecular weight is 322 g/mol. The van der Waals surface area contributed by atoms with Crippen molar-refractivity contribution >= 4 is 23.9 Å². The highest BCUT2D eigenvalue weighted by Crippen LogP contribution is 2.07. The maximum Gasteiger partial charge on any atom is 0.338 e. The Balaban J connectivity index is 4.47. The molecule has 0 aromatic rings. The van der Waals surface area contributed by atoms with Crippen LogP contribution in [0.3, 0.4) is 0 Å². The molecule has 4 N–H and O–H groups in total. The van der Waals surface area contributed by atoms with E-state index < -0.39 is 61.1 Å². The molecule has 10 heteroatoms. The second-order valence-corrected chi connectivity index (χ2v) is 4.58. The maximum atomic E-state index is 11.4. The van der Waals surface area contributed by atoms with Crippen LogP contribution >= 0.6 is 0 Å². The van der Waals surface area contributed by atoms with Crippen molar-refractivity contribution < 1.29 is 49.1 Å². The van der Waals surface area contributed by atoms with Crippen molar-refractivity contribution in [3.05, 3.63) is 0 Å². The summed E-state index contributed by atoms with van der Waals surface area (Å²) >= 11 is 0. The molecule has 0 saturated heterocycles. The first-order valence-corrected chi connectivity index (χ1v) is 6.25. The van der Waals surface area contributed by atoms with Crippen LogP contribution in [0.4, 0.5) is 0 Å². The number of carbonyl (C=O) groups excluding carboxylic acids is 2. The summed E-state index contributed by atoms with van der Waals surface area (Å²) in [6.07, 6.45) is -7.74. The number of esters is 2. The number of aliphatic hydroxyl groups is 2. The summed E-state index contributed by atoms with van der Waals surface area (Å²) in [7, 11) is 0. The van der Waals surface area contributed by atoms with Gasteiger partial charge in [0.05, 0.1) is 12.8 Å². The number of hydrogen-bond donors (Lipinski definition) is 4. The molecule has 126 valence electrons. The lowest BCUT2D eigenvalue weighted by atomic mass is 10.2. The topological polar surface area (TPSA) is 168 Å². The fourth-order valence-corrected chi connectivity index (χ4v) is 1.37. The molecule has 0 fully saturated rings. The number of ether oxygens (including phenoxy) is 2. The van der Waals surface area contributed by atoms with Gasteiger partial charge in [0.25, 0.3) is 0 Å². The van der Waals surface area contributed by atoms with E-state index in [4.69, 9.17) is 10.2 Å². The van der Waals surface area contributed by atoms with E-state index in [1.807, 2.05) is 0 Å². The van der Waals surface area contributed by atoms with Crippen LogP contribution in [-0.2, 0) is 28.7 Å². The molecule has 10 nitrogen and oxygen atoms in total. The number of aliphatic hydroxyl groups excluding tert-OH is 2. The van der Waals surface area contributed by atoms with E-state index in [0.29, 0.717) is 0 Å². The van der Waals surface area contributed by atoms with Crippen molar-refractivity contribution in [2.75, 3.05) is 0 Å². The quantitative estimate of drug-likeness (QED) is 0.367. The Morgan fingerprint density at radius 2 is 1.05 bits per heavy atom. The van der Waals surface area contributed by atoms with Gasteiger partial charge in [-0.1, -0.05) is 0 Å². The third kappa shape index (κ3) is 7.55. The molecule has 0 aliphatic carbocycles. The summed E-state index contributed by atoms with van der Waals surface area (Å²) in [4.78, 5) is 43.6. The van der Waals surface area contributed by atoms with E-state index in [2.05, 4.69) is 9.47 Å². The summed E-state index contributed by atoms with van der Waals surface area (Å²) < 4.78 is 9.06. The lowest BCUT2D eigenvalue weighted by Gasteiger charge is -2.19. The molecule has 0 aromatic carbocycles. The number of hydrogen-bond acceptors (Lipinski definition) is 8. The molecule has 0 aromatic heterocycles. The average Bonchev–Trinajstić information content (AvgIpc) is 2.34. The molecule has 0 saturated carbocycles. The van der Waals surface area contributed by atoms with Crippen LogP contribution in [0.2, 0.25) is 0 Å². The largest absolute Gasteiger partial charge is 0.481 e. The third-order valence-electron chi connectivity index (χ3n) is 2.34. The molecular formula is C12H18O10. The van der Waals surface area contributed by atoms with Gasteiger partial charge in [-0.25, -0.2) is 9.59 Å². The van der Waals surface area contributed by atoms with Gasteiger partial charge in [0.15, 0.2) is 12.2 Å². The Bertz CT molecular complexity index is 392. The highest BCUT2D eigenvalue weighted by atomic mass is 16.6.